The zero-order chi connectivity index (χ0) is 15.6. The van der Waals surface area contributed by atoms with Crippen LogP contribution < -0.4 is 5.32 Å². The third-order valence-corrected chi connectivity index (χ3v) is 3.76. The Morgan fingerprint density at radius 3 is 2.57 bits per heavy atom. The van der Waals surface area contributed by atoms with Crippen molar-refractivity contribution in [3.8, 4) is 0 Å². The lowest BCUT2D eigenvalue weighted by atomic mass is 9.69. The molecular formula is C13H13FN2O5. The van der Waals surface area contributed by atoms with E-state index in [4.69, 9.17) is 5.11 Å². The summed E-state index contributed by atoms with van der Waals surface area (Å²) in [5.74, 6) is -2.76. The fourth-order valence-corrected chi connectivity index (χ4v) is 2.22. The third kappa shape index (κ3) is 2.83. The van der Waals surface area contributed by atoms with Crippen LogP contribution >= 0.6 is 0 Å². The number of hydrogen-bond donors (Lipinski definition) is 2. The number of nitrogens with one attached hydrogen (secondary N) is 1. The van der Waals surface area contributed by atoms with Gasteiger partial charge in [-0.05, 0) is 18.9 Å². The van der Waals surface area contributed by atoms with Gasteiger partial charge < -0.3 is 10.4 Å². The lowest BCUT2D eigenvalue weighted by Gasteiger charge is -2.37. The predicted octanol–water partition coefficient (Wildman–Crippen LogP) is 1.72. The average molecular weight is 296 g/mol. The molecule has 1 saturated carbocycles. The molecule has 1 amide bonds. The number of amides is 1. The lowest BCUT2D eigenvalue weighted by molar-refractivity contribution is -0.384. The van der Waals surface area contributed by atoms with Crippen LogP contribution in [-0.4, -0.2) is 28.5 Å². The standard InChI is InChI=1S/C13H13FN2O5/c14-10-3-2-8(16(20)21)6-9(10)11(17)15-7-13(12(18)19)4-1-5-13/h2-3,6H,1,4-5,7H2,(H,15,17)(H,18,19). The number of nitro groups is 1. The molecule has 0 spiro atoms. The highest BCUT2D eigenvalue weighted by Crippen LogP contribution is 2.40. The van der Waals surface area contributed by atoms with Crippen molar-refractivity contribution in [2.75, 3.05) is 6.54 Å². The number of benzene rings is 1. The van der Waals surface area contributed by atoms with Crippen molar-refractivity contribution >= 4 is 17.6 Å². The first-order valence-corrected chi connectivity index (χ1v) is 6.31. The molecule has 0 heterocycles. The van der Waals surface area contributed by atoms with Crippen molar-refractivity contribution in [2.24, 2.45) is 5.41 Å². The smallest absolute Gasteiger partial charge is 0.311 e. The summed E-state index contributed by atoms with van der Waals surface area (Å²) >= 11 is 0. The molecule has 0 radical (unpaired) electrons. The van der Waals surface area contributed by atoms with Crippen LogP contribution in [0.25, 0.3) is 0 Å². The molecule has 21 heavy (non-hydrogen) atoms. The zero-order valence-corrected chi connectivity index (χ0v) is 11.0. The van der Waals surface area contributed by atoms with Crippen LogP contribution in [0.2, 0.25) is 0 Å². The SMILES string of the molecule is O=C(NCC1(C(=O)O)CCC1)c1cc([N+](=O)[O-])ccc1F. The normalized spacial score (nSPS) is 15.9. The number of carbonyl (C=O) groups is 2. The van der Waals surface area contributed by atoms with E-state index in [-0.39, 0.29) is 6.54 Å². The third-order valence-electron chi connectivity index (χ3n) is 3.76. The van der Waals surface area contributed by atoms with E-state index in [1.54, 1.807) is 0 Å². The van der Waals surface area contributed by atoms with Crippen molar-refractivity contribution in [3.63, 3.8) is 0 Å². The Labute approximate surface area is 118 Å². The molecule has 1 aliphatic carbocycles. The van der Waals surface area contributed by atoms with Gasteiger partial charge in [-0.1, -0.05) is 6.42 Å². The largest absolute Gasteiger partial charge is 0.481 e. The summed E-state index contributed by atoms with van der Waals surface area (Å²) in [6, 6.07) is 2.62. The molecule has 1 aromatic carbocycles. The predicted molar refractivity (Wildman–Crippen MR) is 69.3 cm³/mol. The molecule has 2 rings (SSSR count). The van der Waals surface area contributed by atoms with Crippen LogP contribution in [0.4, 0.5) is 10.1 Å². The summed E-state index contributed by atoms with van der Waals surface area (Å²) in [5.41, 5.74) is -1.88. The van der Waals surface area contributed by atoms with Gasteiger partial charge in [-0.15, -0.1) is 0 Å². The van der Waals surface area contributed by atoms with Crippen LogP contribution in [0, 0.1) is 21.3 Å². The molecule has 7 nitrogen and oxygen atoms in total. The van der Waals surface area contributed by atoms with Crippen molar-refractivity contribution in [1.82, 2.24) is 5.32 Å². The highest BCUT2D eigenvalue weighted by molar-refractivity contribution is 5.95. The topological polar surface area (TPSA) is 110 Å². The second-order valence-corrected chi connectivity index (χ2v) is 5.04. The quantitative estimate of drug-likeness (QED) is 0.635. The van der Waals surface area contributed by atoms with Gasteiger partial charge in [0.15, 0.2) is 0 Å². The summed E-state index contributed by atoms with van der Waals surface area (Å²) in [7, 11) is 0. The van der Waals surface area contributed by atoms with E-state index in [9.17, 15) is 24.1 Å². The average Bonchev–Trinajstić information content (AvgIpc) is 2.36. The summed E-state index contributed by atoms with van der Waals surface area (Å²) in [6.07, 6.45) is 1.65. The van der Waals surface area contributed by atoms with E-state index < -0.39 is 39.3 Å². The van der Waals surface area contributed by atoms with Gasteiger partial charge in [-0.25, -0.2) is 4.39 Å². The maximum absolute atomic E-state index is 13.6. The van der Waals surface area contributed by atoms with Crippen LogP contribution in [-0.2, 0) is 4.79 Å². The number of carbonyl (C=O) groups excluding carboxylic acids is 1. The molecule has 0 atom stereocenters. The number of nitrogens with zero attached hydrogens (tertiary/aromatic N) is 1. The molecule has 1 fully saturated rings. The fourth-order valence-electron chi connectivity index (χ4n) is 2.22. The van der Waals surface area contributed by atoms with Gasteiger partial charge in [0, 0.05) is 18.7 Å². The molecule has 2 N–H and O–H groups in total. The first-order chi connectivity index (χ1) is 9.85. The first-order valence-electron chi connectivity index (χ1n) is 6.31. The Bertz CT molecular complexity index is 613. The molecular weight excluding hydrogens is 283 g/mol. The molecule has 0 unspecified atom stereocenters. The molecule has 1 aromatic rings. The van der Waals surface area contributed by atoms with Crippen molar-refractivity contribution in [2.45, 2.75) is 19.3 Å². The number of aliphatic carboxylic acids is 1. The monoisotopic (exact) mass is 296 g/mol. The molecule has 0 saturated heterocycles. The van der Waals surface area contributed by atoms with Gasteiger partial charge in [0.1, 0.15) is 5.82 Å². The summed E-state index contributed by atoms with van der Waals surface area (Å²) < 4.78 is 13.6. The number of carboxylic acids is 1. The molecule has 1 aliphatic rings. The highest BCUT2D eigenvalue weighted by atomic mass is 19.1. The Morgan fingerprint density at radius 2 is 2.10 bits per heavy atom. The van der Waals surface area contributed by atoms with E-state index in [2.05, 4.69) is 5.32 Å². The van der Waals surface area contributed by atoms with Gasteiger partial charge in [0.05, 0.1) is 15.9 Å². The Kier molecular flexibility index (Phi) is 3.88. The second-order valence-electron chi connectivity index (χ2n) is 5.04. The maximum Gasteiger partial charge on any atom is 0.311 e. The maximum atomic E-state index is 13.6. The summed E-state index contributed by atoms with van der Waals surface area (Å²) in [4.78, 5) is 32.9. The number of nitro benzene ring substituents is 1. The zero-order valence-electron chi connectivity index (χ0n) is 11.0. The minimum Gasteiger partial charge on any atom is -0.481 e. The van der Waals surface area contributed by atoms with E-state index in [1.807, 2.05) is 0 Å². The van der Waals surface area contributed by atoms with E-state index >= 15 is 0 Å². The number of hydrogen-bond acceptors (Lipinski definition) is 4. The molecule has 0 bridgehead atoms. The lowest BCUT2D eigenvalue weighted by Crippen LogP contribution is -2.47. The Balaban J connectivity index is 2.12. The Morgan fingerprint density at radius 1 is 1.43 bits per heavy atom. The molecule has 112 valence electrons. The number of carboxylic acid groups (broad SMARTS) is 1. The minimum atomic E-state index is -1.01. The molecule has 0 aliphatic heterocycles. The van der Waals surface area contributed by atoms with Crippen LogP contribution in [0.3, 0.4) is 0 Å². The first kappa shape index (κ1) is 14.9. The number of non-ortho nitro benzene ring substituents is 1. The van der Waals surface area contributed by atoms with E-state index in [1.165, 1.54) is 0 Å². The van der Waals surface area contributed by atoms with Gasteiger partial charge in [0.25, 0.3) is 11.6 Å². The number of halogens is 1. The summed E-state index contributed by atoms with van der Waals surface area (Å²) in [6.45, 7) is -0.122. The van der Waals surface area contributed by atoms with Crippen molar-refractivity contribution < 1.29 is 24.0 Å². The van der Waals surface area contributed by atoms with Crippen molar-refractivity contribution in [1.29, 1.82) is 0 Å². The van der Waals surface area contributed by atoms with Gasteiger partial charge >= 0.3 is 5.97 Å². The molecule has 0 aromatic heterocycles. The van der Waals surface area contributed by atoms with Gasteiger partial charge in [-0.2, -0.15) is 0 Å². The highest BCUT2D eigenvalue weighted by Gasteiger charge is 2.44. The Hall–Kier alpha value is -2.51. The van der Waals surface area contributed by atoms with Crippen LogP contribution in [0.1, 0.15) is 29.6 Å². The fraction of sp³-hybridized carbons (Fsp3) is 0.385. The second kappa shape index (κ2) is 5.47. The van der Waals surface area contributed by atoms with Crippen LogP contribution in [0.15, 0.2) is 18.2 Å². The van der Waals surface area contributed by atoms with Crippen molar-refractivity contribution in [3.05, 3.63) is 39.7 Å². The number of rotatable bonds is 5. The minimum absolute atomic E-state index is 0.122. The van der Waals surface area contributed by atoms with Gasteiger partial charge in [0.2, 0.25) is 0 Å². The van der Waals surface area contributed by atoms with E-state index in [0.717, 1.165) is 24.6 Å². The molecule has 8 heteroatoms. The van der Waals surface area contributed by atoms with Crippen LogP contribution in [0.5, 0.6) is 0 Å². The van der Waals surface area contributed by atoms with E-state index in [0.29, 0.717) is 12.8 Å². The summed E-state index contributed by atoms with van der Waals surface area (Å²) in [5, 5.41) is 22.1. The van der Waals surface area contributed by atoms with Gasteiger partial charge in [-0.3, -0.25) is 19.7 Å².